The summed E-state index contributed by atoms with van der Waals surface area (Å²) in [6.07, 6.45) is 3.04. The van der Waals surface area contributed by atoms with Crippen LogP contribution in [0.25, 0.3) is 27.7 Å². The van der Waals surface area contributed by atoms with Crippen LogP contribution in [0.3, 0.4) is 0 Å². The van der Waals surface area contributed by atoms with E-state index in [1.54, 1.807) is 12.1 Å². The van der Waals surface area contributed by atoms with Crippen LogP contribution >= 0.6 is 0 Å². The molecule has 4 aromatic rings. The molecule has 0 unspecified atom stereocenters. The third kappa shape index (κ3) is 3.79. The third-order valence-corrected chi connectivity index (χ3v) is 5.09. The number of fused-ring (bicyclic) bond motifs is 1. The van der Waals surface area contributed by atoms with Gasteiger partial charge >= 0.3 is 0 Å². The molecule has 1 heterocycles. The highest BCUT2D eigenvalue weighted by atomic mass is 16.3. The number of nitrogens with one attached hydrogen (secondary N) is 2. The molecule has 3 aromatic carbocycles. The maximum Gasteiger partial charge on any atom is 0.115 e. The number of rotatable bonds is 6. The van der Waals surface area contributed by atoms with Crippen molar-refractivity contribution in [3.8, 4) is 16.9 Å². The fourth-order valence-electron chi connectivity index (χ4n) is 3.47. The van der Waals surface area contributed by atoms with Crippen LogP contribution in [0.4, 0.5) is 0 Å². The first-order valence-electron chi connectivity index (χ1n) is 9.49. The smallest absolute Gasteiger partial charge is 0.115 e. The fraction of sp³-hybridized carbons (Fsp3) is 0.120. The Labute approximate surface area is 165 Å². The molecule has 0 radical (unpaired) electrons. The molecule has 3 heteroatoms. The Morgan fingerprint density at radius 1 is 0.964 bits per heavy atom. The quantitative estimate of drug-likeness (QED) is 0.412. The van der Waals surface area contributed by atoms with Crippen LogP contribution in [0.15, 0.2) is 79.5 Å². The van der Waals surface area contributed by atoms with E-state index in [1.165, 1.54) is 22.0 Å². The van der Waals surface area contributed by atoms with Crippen molar-refractivity contribution in [1.29, 1.82) is 0 Å². The van der Waals surface area contributed by atoms with Crippen LogP contribution < -0.4 is 5.32 Å². The third-order valence-electron chi connectivity index (χ3n) is 5.09. The molecule has 0 amide bonds. The lowest BCUT2D eigenvalue weighted by molar-refractivity contribution is 0.475. The minimum absolute atomic E-state index is 0.281. The van der Waals surface area contributed by atoms with Crippen molar-refractivity contribution < 1.29 is 5.11 Å². The zero-order chi connectivity index (χ0) is 19.5. The van der Waals surface area contributed by atoms with Crippen molar-refractivity contribution in [2.45, 2.75) is 13.3 Å². The van der Waals surface area contributed by atoms with Crippen LogP contribution in [0.1, 0.15) is 16.7 Å². The average molecular weight is 368 g/mol. The number of hydrogen-bond acceptors (Lipinski definition) is 2. The SMILES string of the molecule is C=C(NCCc1c[nH]c2ccc(C)cc12)c1ccc(-c2ccc(O)cc2)cc1. The van der Waals surface area contributed by atoms with E-state index >= 15 is 0 Å². The topological polar surface area (TPSA) is 48.0 Å². The lowest BCUT2D eigenvalue weighted by atomic mass is 10.0. The van der Waals surface area contributed by atoms with Crippen LogP contribution in [0, 0.1) is 6.92 Å². The second-order valence-corrected chi connectivity index (χ2v) is 7.14. The van der Waals surface area contributed by atoms with Crippen molar-refractivity contribution in [1.82, 2.24) is 10.3 Å². The molecule has 3 nitrogen and oxygen atoms in total. The van der Waals surface area contributed by atoms with Gasteiger partial charge in [-0.15, -0.1) is 0 Å². The van der Waals surface area contributed by atoms with Crippen molar-refractivity contribution in [2.75, 3.05) is 6.54 Å². The molecule has 0 saturated carbocycles. The maximum absolute atomic E-state index is 9.42. The fourth-order valence-corrected chi connectivity index (χ4v) is 3.47. The number of hydrogen-bond donors (Lipinski definition) is 3. The van der Waals surface area contributed by atoms with E-state index < -0.39 is 0 Å². The highest BCUT2D eigenvalue weighted by molar-refractivity contribution is 5.83. The summed E-state index contributed by atoms with van der Waals surface area (Å²) in [7, 11) is 0. The monoisotopic (exact) mass is 368 g/mol. The molecule has 0 bridgehead atoms. The first kappa shape index (κ1) is 17.9. The summed E-state index contributed by atoms with van der Waals surface area (Å²) in [6.45, 7) is 7.14. The van der Waals surface area contributed by atoms with Crippen LogP contribution in [0.5, 0.6) is 5.75 Å². The molecule has 4 rings (SSSR count). The highest BCUT2D eigenvalue weighted by Gasteiger charge is 2.05. The maximum atomic E-state index is 9.42. The Morgan fingerprint density at radius 2 is 1.64 bits per heavy atom. The molecule has 3 N–H and O–H groups in total. The van der Waals surface area contributed by atoms with Gasteiger partial charge in [0.1, 0.15) is 5.75 Å². The molecule has 0 aliphatic carbocycles. The molecule has 0 aliphatic heterocycles. The van der Waals surface area contributed by atoms with E-state index in [4.69, 9.17) is 0 Å². The summed E-state index contributed by atoms with van der Waals surface area (Å²) in [5.74, 6) is 0.281. The number of aromatic hydroxyl groups is 1. The highest BCUT2D eigenvalue weighted by Crippen LogP contribution is 2.24. The van der Waals surface area contributed by atoms with E-state index in [0.717, 1.165) is 35.4 Å². The zero-order valence-corrected chi connectivity index (χ0v) is 16.0. The van der Waals surface area contributed by atoms with Crippen molar-refractivity contribution in [2.24, 2.45) is 0 Å². The largest absolute Gasteiger partial charge is 0.508 e. The van der Waals surface area contributed by atoms with Gasteiger partial charge in [0.2, 0.25) is 0 Å². The number of benzene rings is 3. The zero-order valence-electron chi connectivity index (χ0n) is 16.0. The minimum atomic E-state index is 0.281. The van der Waals surface area contributed by atoms with E-state index in [2.05, 4.69) is 72.5 Å². The van der Waals surface area contributed by atoms with Crippen molar-refractivity contribution in [3.63, 3.8) is 0 Å². The molecule has 1 aromatic heterocycles. The lowest BCUT2D eigenvalue weighted by Gasteiger charge is -2.11. The molecule has 0 saturated heterocycles. The normalized spacial score (nSPS) is 10.9. The number of phenolic OH excluding ortho intramolecular Hbond substituents is 1. The van der Waals surface area contributed by atoms with Gasteiger partial charge in [-0.1, -0.05) is 54.6 Å². The first-order valence-corrected chi connectivity index (χ1v) is 9.49. The number of aromatic nitrogens is 1. The number of aryl methyl sites for hydroxylation is 1. The van der Waals surface area contributed by atoms with Crippen LogP contribution in [0.2, 0.25) is 0 Å². The average Bonchev–Trinajstić information content (AvgIpc) is 3.11. The summed E-state index contributed by atoms with van der Waals surface area (Å²) in [5.41, 5.74) is 7.99. The Hall–Kier alpha value is -3.46. The Bertz CT molecular complexity index is 1110. The Balaban J connectivity index is 1.38. The predicted molar refractivity (Wildman–Crippen MR) is 117 cm³/mol. The Morgan fingerprint density at radius 3 is 2.36 bits per heavy atom. The van der Waals surface area contributed by atoms with Gasteiger partial charge in [-0.3, -0.25) is 0 Å². The second-order valence-electron chi connectivity index (χ2n) is 7.14. The van der Waals surface area contributed by atoms with E-state index in [1.807, 2.05) is 12.1 Å². The summed E-state index contributed by atoms with van der Waals surface area (Å²) in [6, 6.07) is 22.1. The molecule has 0 spiro atoms. The second kappa shape index (κ2) is 7.65. The summed E-state index contributed by atoms with van der Waals surface area (Å²) < 4.78 is 0. The Kier molecular flexibility index (Phi) is 4.90. The van der Waals surface area contributed by atoms with Gasteiger partial charge in [0, 0.05) is 29.3 Å². The van der Waals surface area contributed by atoms with Crippen LogP contribution in [-0.4, -0.2) is 16.6 Å². The molecule has 28 heavy (non-hydrogen) atoms. The summed E-state index contributed by atoms with van der Waals surface area (Å²) >= 11 is 0. The molecule has 0 atom stereocenters. The summed E-state index contributed by atoms with van der Waals surface area (Å²) in [5, 5.41) is 14.2. The van der Waals surface area contributed by atoms with Gasteiger partial charge in [-0.05, 0) is 59.9 Å². The van der Waals surface area contributed by atoms with Gasteiger partial charge in [-0.25, -0.2) is 0 Å². The lowest BCUT2D eigenvalue weighted by Crippen LogP contribution is -2.14. The summed E-state index contributed by atoms with van der Waals surface area (Å²) in [4.78, 5) is 3.34. The van der Waals surface area contributed by atoms with Crippen molar-refractivity contribution in [3.05, 3.63) is 96.2 Å². The van der Waals surface area contributed by atoms with Crippen molar-refractivity contribution >= 4 is 16.6 Å². The molecular weight excluding hydrogens is 344 g/mol. The minimum Gasteiger partial charge on any atom is -0.508 e. The predicted octanol–water partition coefficient (Wildman–Crippen LogP) is 5.65. The number of aromatic amines is 1. The van der Waals surface area contributed by atoms with E-state index in [-0.39, 0.29) is 5.75 Å². The molecule has 0 aliphatic rings. The van der Waals surface area contributed by atoms with Crippen LogP contribution in [-0.2, 0) is 6.42 Å². The molecular formula is C25H24N2O. The molecule has 140 valence electrons. The van der Waals surface area contributed by atoms with Gasteiger partial charge in [-0.2, -0.15) is 0 Å². The van der Waals surface area contributed by atoms with Gasteiger partial charge in [0.15, 0.2) is 0 Å². The van der Waals surface area contributed by atoms with Gasteiger partial charge in [0.05, 0.1) is 0 Å². The standard InChI is InChI=1S/C25H24N2O/c1-17-3-12-25-24(15-17)22(16-27-25)13-14-26-18(2)19-4-6-20(7-5-19)21-8-10-23(28)11-9-21/h3-12,15-16,26-28H,2,13-14H2,1H3. The van der Waals surface area contributed by atoms with Gasteiger partial charge < -0.3 is 15.4 Å². The van der Waals surface area contributed by atoms with Gasteiger partial charge in [0.25, 0.3) is 0 Å². The molecule has 0 fully saturated rings. The first-order chi connectivity index (χ1) is 13.6. The number of phenols is 1. The van der Waals surface area contributed by atoms with E-state index in [0.29, 0.717) is 0 Å². The van der Waals surface area contributed by atoms with E-state index in [9.17, 15) is 5.11 Å². The number of H-pyrrole nitrogens is 1.